The molecule has 0 aliphatic carbocycles. The topological polar surface area (TPSA) is 55.8 Å². The highest BCUT2D eigenvalue weighted by Crippen LogP contribution is 2.16. The van der Waals surface area contributed by atoms with Crippen LogP contribution in [0, 0.1) is 0 Å². The maximum atomic E-state index is 12.0. The lowest BCUT2D eigenvalue weighted by molar-refractivity contribution is -0.154. The number of ether oxygens (including phenoxy) is 2. The first-order valence-electron chi connectivity index (χ1n) is 8.85. The van der Waals surface area contributed by atoms with Crippen molar-refractivity contribution in [3.8, 4) is 5.75 Å². The van der Waals surface area contributed by atoms with Crippen LogP contribution in [-0.2, 0) is 29.2 Å². The third-order valence-electron chi connectivity index (χ3n) is 4.10. The van der Waals surface area contributed by atoms with Gasteiger partial charge in [-0.15, -0.1) is 0 Å². The molecule has 4 nitrogen and oxygen atoms in total. The second-order valence-electron chi connectivity index (χ2n) is 6.23. The smallest absolute Gasteiger partial charge is 0.335 e. The molecule has 0 amide bonds. The summed E-state index contributed by atoms with van der Waals surface area (Å²) in [6.07, 6.45) is -0.989. The first-order chi connectivity index (χ1) is 13.2. The standard InChI is InChI=1S/C23H22O4/c24-22(23(25)27-17-20-9-5-2-6-10-20)15-18-11-13-21(14-12-18)26-16-19-7-3-1-4-8-19/h1-14,22,24H,15-17H2. The van der Waals surface area contributed by atoms with Gasteiger partial charge >= 0.3 is 5.97 Å². The largest absolute Gasteiger partial charge is 0.489 e. The zero-order valence-electron chi connectivity index (χ0n) is 15.0. The molecule has 3 aromatic carbocycles. The monoisotopic (exact) mass is 362 g/mol. The summed E-state index contributed by atoms with van der Waals surface area (Å²) in [5, 5.41) is 10.1. The van der Waals surface area contributed by atoms with Crippen LogP contribution < -0.4 is 4.74 Å². The van der Waals surface area contributed by atoms with Crippen molar-refractivity contribution in [1.29, 1.82) is 0 Å². The van der Waals surface area contributed by atoms with E-state index in [0.29, 0.717) is 6.61 Å². The summed E-state index contributed by atoms with van der Waals surface area (Å²) in [7, 11) is 0. The number of carbonyl (C=O) groups excluding carboxylic acids is 1. The zero-order chi connectivity index (χ0) is 18.9. The Morgan fingerprint density at radius 3 is 1.89 bits per heavy atom. The summed E-state index contributed by atoms with van der Waals surface area (Å²) in [5.74, 6) is 0.118. The molecule has 0 heterocycles. The molecule has 4 heteroatoms. The summed E-state index contributed by atoms with van der Waals surface area (Å²) in [6.45, 7) is 0.650. The van der Waals surface area contributed by atoms with Gasteiger partial charge < -0.3 is 14.6 Å². The Labute approximate surface area is 159 Å². The van der Waals surface area contributed by atoms with Crippen molar-refractivity contribution >= 4 is 5.97 Å². The summed E-state index contributed by atoms with van der Waals surface area (Å²) in [6, 6.07) is 26.7. The van der Waals surface area contributed by atoms with Crippen LogP contribution in [0.25, 0.3) is 0 Å². The number of hydrogen-bond acceptors (Lipinski definition) is 4. The third-order valence-corrected chi connectivity index (χ3v) is 4.10. The molecule has 1 N–H and O–H groups in total. The van der Waals surface area contributed by atoms with Crippen molar-refractivity contribution in [3.63, 3.8) is 0 Å². The minimum absolute atomic E-state index is 0.156. The van der Waals surface area contributed by atoms with E-state index in [0.717, 1.165) is 22.4 Å². The Bertz CT molecular complexity index is 829. The Morgan fingerprint density at radius 1 is 0.741 bits per heavy atom. The van der Waals surface area contributed by atoms with Gasteiger partial charge in [0, 0.05) is 6.42 Å². The molecular formula is C23H22O4. The number of aliphatic hydroxyl groups excluding tert-OH is 1. The van der Waals surface area contributed by atoms with E-state index >= 15 is 0 Å². The summed E-state index contributed by atoms with van der Waals surface area (Å²) in [5.41, 5.74) is 2.82. The van der Waals surface area contributed by atoms with Gasteiger partial charge in [0.05, 0.1) is 0 Å². The fourth-order valence-corrected chi connectivity index (χ4v) is 2.59. The first-order valence-corrected chi connectivity index (χ1v) is 8.85. The van der Waals surface area contributed by atoms with Gasteiger partial charge in [0.15, 0.2) is 6.10 Å². The molecule has 1 atom stereocenters. The Balaban J connectivity index is 1.46. The van der Waals surface area contributed by atoms with Crippen LogP contribution in [0.4, 0.5) is 0 Å². The maximum absolute atomic E-state index is 12.0. The van der Waals surface area contributed by atoms with E-state index in [1.54, 1.807) is 0 Å². The van der Waals surface area contributed by atoms with E-state index in [1.165, 1.54) is 0 Å². The summed E-state index contributed by atoms with van der Waals surface area (Å²) >= 11 is 0. The Morgan fingerprint density at radius 2 is 1.30 bits per heavy atom. The van der Waals surface area contributed by atoms with E-state index < -0.39 is 12.1 Å². The molecular weight excluding hydrogens is 340 g/mol. The lowest BCUT2D eigenvalue weighted by Crippen LogP contribution is -2.25. The molecule has 0 radical (unpaired) electrons. The molecule has 1 unspecified atom stereocenters. The quantitative estimate of drug-likeness (QED) is 0.617. The van der Waals surface area contributed by atoms with Gasteiger partial charge in [-0.3, -0.25) is 0 Å². The third kappa shape index (κ3) is 5.97. The van der Waals surface area contributed by atoms with Crippen LogP contribution in [-0.4, -0.2) is 17.2 Å². The van der Waals surface area contributed by atoms with Gasteiger partial charge in [-0.25, -0.2) is 4.79 Å². The first kappa shape index (κ1) is 18.7. The highest BCUT2D eigenvalue weighted by molar-refractivity contribution is 5.74. The molecule has 138 valence electrons. The normalized spacial score (nSPS) is 11.6. The van der Waals surface area contributed by atoms with Crippen LogP contribution >= 0.6 is 0 Å². The average Bonchev–Trinajstić information content (AvgIpc) is 2.73. The SMILES string of the molecule is O=C(OCc1ccccc1)C(O)Cc1ccc(OCc2ccccc2)cc1. The van der Waals surface area contributed by atoms with Gasteiger partial charge in [-0.1, -0.05) is 72.8 Å². The number of rotatable bonds is 8. The fourth-order valence-electron chi connectivity index (χ4n) is 2.59. The van der Waals surface area contributed by atoms with Gasteiger partial charge in [-0.05, 0) is 28.8 Å². The number of benzene rings is 3. The molecule has 0 saturated heterocycles. The van der Waals surface area contributed by atoms with Crippen LogP contribution in [0.1, 0.15) is 16.7 Å². The van der Waals surface area contributed by atoms with Gasteiger partial charge in [-0.2, -0.15) is 0 Å². The molecule has 0 aliphatic heterocycles. The summed E-state index contributed by atoms with van der Waals surface area (Å²) in [4.78, 5) is 12.0. The highest BCUT2D eigenvalue weighted by Gasteiger charge is 2.17. The minimum atomic E-state index is -1.19. The van der Waals surface area contributed by atoms with Crippen LogP contribution in [0.15, 0.2) is 84.9 Å². The second-order valence-corrected chi connectivity index (χ2v) is 6.23. The molecule has 0 bridgehead atoms. The van der Waals surface area contributed by atoms with Gasteiger partial charge in [0.25, 0.3) is 0 Å². The second kappa shape index (κ2) is 9.55. The highest BCUT2D eigenvalue weighted by atomic mass is 16.5. The van der Waals surface area contributed by atoms with E-state index in [9.17, 15) is 9.90 Å². The molecule has 0 aliphatic rings. The van der Waals surface area contributed by atoms with Crippen molar-refractivity contribution in [3.05, 3.63) is 102 Å². The number of esters is 1. The molecule has 0 fully saturated rings. The predicted octanol–water partition coefficient (Wildman–Crippen LogP) is 3.91. The average molecular weight is 362 g/mol. The van der Waals surface area contributed by atoms with Crippen molar-refractivity contribution in [2.45, 2.75) is 25.7 Å². The number of hydrogen-bond donors (Lipinski definition) is 1. The zero-order valence-corrected chi connectivity index (χ0v) is 15.0. The van der Waals surface area contributed by atoms with Gasteiger partial charge in [0.1, 0.15) is 19.0 Å². The molecule has 0 aromatic heterocycles. The van der Waals surface area contributed by atoms with Crippen LogP contribution in [0.3, 0.4) is 0 Å². The van der Waals surface area contributed by atoms with Crippen LogP contribution in [0.2, 0.25) is 0 Å². The Kier molecular flexibility index (Phi) is 6.61. The minimum Gasteiger partial charge on any atom is -0.489 e. The van der Waals surface area contributed by atoms with Crippen molar-refractivity contribution in [1.82, 2.24) is 0 Å². The van der Waals surface area contributed by atoms with E-state index in [-0.39, 0.29) is 13.0 Å². The summed E-state index contributed by atoms with van der Waals surface area (Å²) < 4.78 is 10.9. The number of carbonyl (C=O) groups is 1. The maximum Gasteiger partial charge on any atom is 0.335 e. The lowest BCUT2D eigenvalue weighted by Gasteiger charge is -2.12. The predicted molar refractivity (Wildman–Crippen MR) is 103 cm³/mol. The van der Waals surface area contributed by atoms with Crippen molar-refractivity contribution in [2.24, 2.45) is 0 Å². The van der Waals surface area contributed by atoms with E-state index in [2.05, 4.69) is 0 Å². The fraction of sp³-hybridized carbons (Fsp3) is 0.174. The van der Waals surface area contributed by atoms with Gasteiger partial charge in [0.2, 0.25) is 0 Å². The number of aliphatic hydroxyl groups is 1. The molecule has 0 saturated carbocycles. The molecule has 3 rings (SSSR count). The lowest BCUT2D eigenvalue weighted by atomic mass is 10.1. The molecule has 3 aromatic rings. The van der Waals surface area contributed by atoms with Crippen molar-refractivity contribution in [2.75, 3.05) is 0 Å². The van der Waals surface area contributed by atoms with E-state index in [1.807, 2.05) is 84.9 Å². The molecule has 27 heavy (non-hydrogen) atoms. The Hall–Kier alpha value is -3.11. The molecule has 0 spiro atoms. The van der Waals surface area contributed by atoms with E-state index in [4.69, 9.17) is 9.47 Å². The van der Waals surface area contributed by atoms with Crippen LogP contribution in [0.5, 0.6) is 5.75 Å². The van der Waals surface area contributed by atoms with Crippen molar-refractivity contribution < 1.29 is 19.4 Å².